The Morgan fingerprint density at radius 3 is 1.66 bits per heavy atom. The van der Waals surface area contributed by atoms with Crippen LogP contribution in [-0.4, -0.2) is 284 Å². The Morgan fingerprint density at radius 1 is 0.500 bits per heavy atom. The molecule has 0 radical (unpaired) electrons. The fourth-order valence-corrected chi connectivity index (χ4v) is 12.9. The lowest BCUT2D eigenvalue weighted by atomic mass is 9.86. The van der Waals surface area contributed by atoms with E-state index in [4.69, 9.17) is 19.3 Å². The molecule has 3 saturated heterocycles. The Morgan fingerprint density at radius 2 is 1.05 bits per heavy atom. The summed E-state index contributed by atoms with van der Waals surface area (Å²) in [7, 11) is 0. The van der Waals surface area contributed by atoms with Gasteiger partial charge < -0.3 is 127 Å². The van der Waals surface area contributed by atoms with Gasteiger partial charge in [0, 0.05) is 38.5 Å². The van der Waals surface area contributed by atoms with Crippen molar-refractivity contribution in [2.75, 3.05) is 6.61 Å². The Labute approximate surface area is 567 Å². The smallest absolute Gasteiger partial charge is 0.115 e. The molecule has 0 spiro atoms. The van der Waals surface area contributed by atoms with Gasteiger partial charge in [-0.15, -0.1) is 6.58 Å². The van der Waals surface area contributed by atoms with Crippen molar-refractivity contribution in [3.8, 4) is 0 Å². The van der Waals surface area contributed by atoms with Gasteiger partial charge in [-0.1, -0.05) is 105 Å². The van der Waals surface area contributed by atoms with E-state index in [9.17, 15) is 107 Å². The van der Waals surface area contributed by atoms with Gasteiger partial charge in [-0.25, -0.2) is 0 Å². The summed E-state index contributed by atoms with van der Waals surface area (Å²) in [6.07, 6.45) is -14.4. The molecule has 3 aliphatic heterocycles. The molecule has 22 N–H and O–H groups in total. The van der Waals surface area contributed by atoms with Crippen molar-refractivity contribution in [2.24, 2.45) is 17.8 Å². The molecule has 556 valence electrons. The second-order valence-corrected chi connectivity index (χ2v) is 27.7. The highest BCUT2D eigenvalue weighted by Crippen LogP contribution is 2.34. The third-order valence-corrected chi connectivity index (χ3v) is 18.6. The van der Waals surface area contributed by atoms with Gasteiger partial charge in [-0.2, -0.15) is 0 Å². The largest absolute Gasteiger partial charge is 0.394 e. The van der Waals surface area contributed by atoms with E-state index in [2.05, 4.69) is 13.2 Å². The zero-order valence-corrected chi connectivity index (χ0v) is 56.8. The molecular weight excluding hydrogens is 1250 g/mol. The van der Waals surface area contributed by atoms with Gasteiger partial charge >= 0.3 is 0 Å². The van der Waals surface area contributed by atoms with Crippen LogP contribution in [0, 0.1) is 17.8 Å². The van der Waals surface area contributed by atoms with E-state index in [1.165, 1.54) is 12.2 Å². The lowest BCUT2D eigenvalue weighted by Gasteiger charge is -2.42. The highest BCUT2D eigenvalue weighted by Gasteiger charge is 2.48. The molecule has 30 atom stereocenters. The molecule has 25 nitrogen and oxygen atoms in total. The van der Waals surface area contributed by atoms with Crippen molar-refractivity contribution >= 4 is 0 Å². The number of hydrogen-bond acceptors (Lipinski definition) is 25. The van der Waals surface area contributed by atoms with Crippen LogP contribution in [0.3, 0.4) is 0 Å². The molecule has 3 heterocycles. The van der Waals surface area contributed by atoms with E-state index in [-0.39, 0.29) is 94.5 Å². The van der Waals surface area contributed by atoms with Crippen molar-refractivity contribution in [3.05, 3.63) is 96.7 Å². The number of aliphatic hydroxyl groups excluding tert-OH is 22. The number of unbranched alkanes of at least 4 members (excludes halogenated alkanes) is 2. The SMILES string of the molecule is C=CCC/C=C/C=C/C=C/CC/C=C/C(O)C(O)C1OC(C(O)C(O)C(=C)CCC(O)C2CC(O)C(O)C(C(O)C(O)/C=C(\C)CCC(O)CC(O)C(O)C(C)CC(O)CC(C)/C=C(\C)CC(O)CC(C)CC(O)C3CC(O)C(O)C(CC(O)CC(O)CO)O3)O2)CC(O)C1O. The highest BCUT2D eigenvalue weighted by atomic mass is 16.6. The van der Waals surface area contributed by atoms with E-state index in [1.54, 1.807) is 19.9 Å². The summed E-state index contributed by atoms with van der Waals surface area (Å²) in [6, 6.07) is 0. The lowest BCUT2D eigenvalue weighted by molar-refractivity contribution is -0.234. The van der Waals surface area contributed by atoms with Crippen LogP contribution in [0.25, 0.3) is 0 Å². The van der Waals surface area contributed by atoms with Crippen molar-refractivity contribution in [3.63, 3.8) is 0 Å². The fraction of sp³-hybridized carbons (Fsp3) is 0.775. The van der Waals surface area contributed by atoms with Crippen LogP contribution in [0.15, 0.2) is 96.7 Å². The second-order valence-electron chi connectivity index (χ2n) is 27.7. The molecule has 3 aliphatic rings. The van der Waals surface area contributed by atoms with Gasteiger partial charge in [0.15, 0.2) is 0 Å². The fourth-order valence-electron chi connectivity index (χ4n) is 12.9. The third-order valence-electron chi connectivity index (χ3n) is 18.6. The van der Waals surface area contributed by atoms with Crippen LogP contribution in [0.1, 0.15) is 157 Å². The normalized spacial score (nSPS) is 30.8. The first-order valence-electron chi connectivity index (χ1n) is 34.3. The summed E-state index contributed by atoms with van der Waals surface area (Å²) >= 11 is 0. The van der Waals surface area contributed by atoms with Crippen molar-refractivity contribution in [2.45, 2.75) is 321 Å². The maximum absolute atomic E-state index is 11.2. The molecule has 25 heteroatoms. The minimum atomic E-state index is -1.83. The average molecular weight is 1380 g/mol. The average Bonchev–Trinajstić information content (AvgIpc) is 0.830. The highest BCUT2D eigenvalue weighted by molar-refractivity contribution is 5.13. The molecule has 0 aromatic carbocycles. The number of allylic oxidation sites excluding steroid dienone is 10. The molecule has 0 amide bonds. The van der Waals surface area contributed by atoms with Crippen LogP contribution in [0.5, 0.6) is 0 Å². The maximum atomic E-state index is 11.2. The molecule has 3 fully saturated rings. The van der Waals surface area contributed by atoms with Crippen LogP contribution >= 0.6 is 0 Å². The predicted molar refractivity (Wildman–Crippen MR) is 358 cm³/mol. The Bertz CT molecular complexity index is 2350. The first kappa shape index (κ1) is 87.1. The minimum Gasteiger partial charge on any atom is -0.394 e. The first-order chi connectivity index (χ1) is 45.2. The van der Waals surface area contributed by atoms with Gasteiger partial charge in [0.1, 0.15) is 67.1 Å². The molecule has 30 unspecified atom stereocenters. The standard InChI is InChI=1S/C71H122O25/c1-8-9-10-11-12-13-14-15-16-17-18-19-20-51(79)65(89)70-68(92)57(85)37-61(96-70)69(93)63(87)43(6)22-24-50(78)58-36-56(84)67(91)71(95-58)66(90)53(81)29-39(2)21-23-45(73)33-54(82)62(86)44(7)31-47(75)27-41(4)25-40(3)26-46(74)28-42(5)30-52(80)59-35-55(83)64(88)60(94-59)34-48(76)32-49(77)38-72/h8,11-16,19-20,25,29,41-42,44-93H,1,6,9-10,17-18,21-24,26-28,30-38H2,2-5,7H3/b12-11+,14-13+,16-15+,20-19+,39-29+,40-25+. The van der Waals surface area contributed by atoms with Gasteiger partial charge in [-0.3, -0.25) is 0 Å². The van der Waals surface area contributed by atoms with Crippen molar-refractivity contribution < 1.29 is 127 Å². The van der Waals surface area contributed by atoms with Crippen LogP contribution in [-0.2, 0) is 14.2 Å². The molecule has 0 saturated carbocycles. The van der Waals surface area contributed by atoms with E-state index < -0.39 is 177 Å². The number of rotatable bonds is 45. The van der Waals surface area contributed by atoms with Gasteiger partial charge in [-0.05, 0) is 121 Å². The molecular formula is C71H122O25. The zero-order valence-electron chi connectivity index (χ0n) is 56.8. The molecule has 0 aromatic heterocycles. The lowest BCUT2D eigenvalue weighted by Crippen LogP contribution is -2.59. The van der Waals surface area contributed by atoms with Gasteiger partial charge in [0.25, 0.3) is 0 Å². The predicted octanol–water partition coefficient (Wildman–Crippen LogP) is 0.0396. The van der Waals surface area contributed by atoms with E-state index in [0.29, 0.717) is 37.7 Å². The molecule has 0 bridgehead atoms. The minimum absolute atomic E-state index is 0.00396. The van der Waals surface area contributed by atoms with Crippen molar-refractivity contribution in [1.82, 2.24) is 0 Å². The van der Waals surface area contributed by atoms with Gasteiger partial charge in [0.2, 0.25) is 0 Å². The quantitative estimate of drug-likeness (QED) is 0.0217. The van der Waals surface area contributed by atoms with Crippen LogP contribution in [0.4, 0.5) is 0 Å². The summed E-state index contributed by atoms with van der Waals surface area (Å²) in [5.41, 5.74) is 1.35. The second kappa shape index (κ2) is 45.0. The summed E-state index contributed by atoms with van der Waals surface area (Å²) < 4.78 is 17.5. The molecule has 96 heavy (non-hydrogen) atoms. The summed E-state index contributed by atoms with van der Waals surface area (Å²) in [6.45, 7) is 15.8. The van der Waals surface area contributed by atoms with Crippen LogP contribution < -0.4 is 0 Å². The van der Waals surface area contributed by atoms with Gasteiger partial charge in [0.05, 0.1) is 104 Å². The number of ether oxygens (including phenoxy) is 3. The zero-order chi connectivity index (χ0) is 72.1. The Balaban J connectivity index is 1.42. The molecule has 3 rings (SSSR count). The summed E-state index contributed by atoms with van der Waals surface area (Å²) in [5.74, 6) is -0.907. The first-order valence-corrected chi connectivity index (χ1v) is 34.3. The Kier molecular flexibility index (Phi) is 40.9. The Hall–Kier alpha value is -3.08. The van der Waals surface area contributed by atoms with Crippen molar-refractivity contribution in [1.29, 1.82) is 0 Å². The number of aliphatic hydroxyl groups is 22. The maximum Gasteiger partial charge on any atom is 0.115 e. The van der Waals surface area contributed by atoms with Crippen LogP contribution in [0.2, 0.25) is 0 Å². The molecule has 0 aromatic rings. The monoisotopic (exact) mass is 1370 g/mol. The topological polar surface area (TPSA) is 473 Å². The van der Waals surface area contributed by atoms with E-state index in [0.717, 1.165) is 18.4 Å². The van der Waals surface area contributed by atoms with E-state index in [1.807, 2.05) is 69.4 Å². The summed E-state index contributed by atoms with van der Waals surface area (Å²) in [5, 5.41) is 236. The van der Waals surface area contributed by atoms with E-state index >= 15 is 0 Å². The molecule has 0 aliphatic carbocycles. The number of hydrogen-bond donors (Lipinski definition) is 22. The summed E-state index contributed by atoms with van der Waals surface area (Å²) in [4.78, 5) is 0. The third kappa shape index (κ3) is 30.6.